The molecule has 0 spiro atoms. The molecule has 6 nitrogen and oxygen atoms in total. The van der Waals surface area contributed by atoms with Gasteiger partial charge < -0.3 is 9.64 Å². The van der Waals surface area contributed by atoms with Crippen LogP contribution in [0.15, 0.2) is 42.9 Å². The Hall–Kier alpha value is -2.54. The van der Waals surface area contributed by atoms with Gasteiger partial charge in [0, 0.05) is 18.8 Å². The van der Waals surface area contributed by atoms with Gasteiger partial charge in [0.15, 0.2) is 5.01 Å². The minimum Gasteiger partial charge on any atom is -0.472 e. The molecule has 1 atom stereocenters. The maximum Gasteiger partial charge on any atom is 0.282 e. The van der Waals surface area contributed by atoms with E-state index in [0.29, 0.717) is 17.4 Å². The molecule has 3 aromatic rings. The fraction of sp³-hybridized carbons (Fsp3) is 0.294. The Bertz CT molecular complexity index is 819. The maximum atomic E-state index is 12.8. The number of fused-ring (bicyclic) bond motifs is 1. The summed E-state index contributed by atoms with van der Waals surface area (Å²) in [4.78, 5) is 27.0. The minimum absolute atomic E-state index is 0.0211. The summed E-state index contributed by atoms with van der Waals surface area (Å²) in [5.74, 6) is 0.525. The lowest BCUT2D eigenvalue weighted by Gasteiger charge is -2.32. The van der Waals surface area contributed by atoms with Crippen molar-refractivity contribution >= 4 is 27.5 Å². The van der Waals surface area contributed by atoms with E-state index in [-0.39, 0.29) is 12.0 Å². The number of carbonyl (C=O) groups is 1. The first-order valence-corrected chi connectivity index (χ1v) is 8.69. The van der Waals surface area contributed by atoms with Crippen molar-refractivity contribution in [2.75, 3.05) is 13.1 Å². The van der Waals surface area contributed by atoms with Crippen LogP contribution in [0.5, 0.6) is 5.88 Å². The van der Waals surface area contributed by atoms with Crippen molar-refractivity contribution in [1.29, 1.82) is 0 Å². The normalized spacial score (nSPS) is 17.8. The maximum absolute atomic E-state index is 12.8. The summed E-state index contributed by atoms with van der Waals surface area (Å²) < 4.78 is 6.90. The molecule has 0 bridgehead atoms. The van der Waals surface area contributed by atoms with Crippen LogP contribution in [0.3, 0.4) is 0 Å². The predicted molar refractivity (Wildman–Crippen MR) is 91.2 cm³/mol. The molecule has 0 saturated carbocycles. The lowest BCUT2D eigenvalue weighted by atomic mass is 10.1. The van der Waals surface area contributed by atoms with E-state index in [4.69, 9.17) is 4.74 Å². The summed E-state index contributed by atoms with van der Waals surface area (Å²) in [6.45, 7) is 1.29. The molecule has 1 aliphatic heterocycles. The van der Waals surface area contributed by atoms with E-state index in [1.807, 2.05) is 29.2 Å². The van der Waals surface area contributed by atoms with Gasteiger partial charge in [0.2, 0.25) is 5.88 Å². The summed E-state index contributed by atoms with van der Waals surface area (Å²) >= 11 is 1.44. The number of hydrogen-bond donors (Lipinski definition) is 0. The highest BCUT2D eigenvalue weighted by Crippen LogP contribution is 2.24. The summed E-state index contributed by atoms with van der Waals surface area (Å²) in [6, 6.07) is 9.54. The van der Waals surface area contributed by atoms with Crippen molar-refractivity contribution in [2.45, 2.75) is 18.9 Å². The first kappa shape index (κ1) is 15.0. The topological polar surface area (TPSA) is 68.2 Å². The Morgan fingerprint density at radius 3 is 3.04 bits per heavy atom. The van der Waals surface area contributed by atoms with Gasteiger partial charge in [0.05, 0.1) is 16.8 Å². The van der Waals surface area contributed by atoms with E-state index in [9.17, 15) is 4.79 Å². The van der Waals surface area contributed by atoms with Crippen LogP contribution in [-0.2, 0) is 0 Å². The molecule has 1 amide bonds. The average molecular weight is 340 g/mol. The van der Waals surface area contributed by atoms with E-state index in [1.54, 1.807) is 12.3 Å². The summed E-state index contributed by atoms with van der Waals surface area (Å²) in [5, 5.41) is 0.541. The lowest BCUT2D eigenvalue weighted by molar-refractivity contribution is 0.0527. The monoisotopic (exact) mass is 340 g/mol. The number of aromatic nitrogens is 3. The number of piperidine rings is 1. The highest BCUT2D eigenvalue weighted by atomic mass is 32.1. The molecular weight excluding hydrogens is 324 g/mol. The van der Waals surface area contributed by atoms with Crippen molar-refractivity contribution in [1.82, 2.24) is 19.9 Å². The number of rotatable bonds is 3. The predicted octanol–water partition coefficient (Wildman–Crippen LogP) is 2.77. The van der Waals surface area contributed by atoms with Crippen LogP contribution in [0.1, 0.15) is 22.6 Å². The SMILES string of the molecule is O=C(c1nc2ccccc2s1)N1CCC[C@H](Oc2ccncn2)C1. The van der Waals surface area contributed by atoms with Crippen LogP contribution < -0.4 is 4.74 Å². The molecule has 7 heteroatoms. The van der Waals surface area contributed by atoms with Gasteiger partial charge in [-0.15, -0.1) is 11.3 Å². The molecule has 2 aromatic heterocycles. The third-order valence-corrected chi connectivity index (χ3v) is 5.01. The zero-order chi connectivity index (χ0) is 16.4. The second-order valence-corrected chi connectivity index (χ2v) is 6.70. The Morgan fingerprint density at radius 1 is 1.29 bits per heavy atom. The smallest absolute Gasteiger partial charge is 0.282 e. The van der Waals surface area contributed by atoms with E-state index in [1.165, 1.54) is 17.7 Å². The van der Waals surface area contributed by atoms with E-state index < -0.39 is 0 Å². The Labute approximate surface area is 143 Å². The van der Waals surface area contributed by atoms with Gasteiger partial charge >= 0.3 is 0 Å². The summed E-state index contributed by atoms with van der Waals surface area (Å²) in [5.41, 5.74) is 0.872. The van der Waals surface area contributed by atoms with Crippen molar-refractivity contribution < 1.29 is 9.53 Å². The Morgan fingerprint density at radius 2 is 2.21 bits per heavy atom. The molecule has 24 heavy (non-hydrogen) atoms. The standard InChI is InChI=1S/C17H16N4O2S/c22-17(16-20-13-5-1-2-6-14(13)24-16)21-9-3-4-12(10-21)23-15-7-8-18-11-19-15/h1-2,5-8,11-12H,3-4,9-10H2/t12-/m0/s1. The number of nitrogens with zero attached hydrogens (tertiary/aromatic N) is 4. The number of para-hydroxylation sites is 1. The molecule has 4 rings (SSSR count). The van der Waals surface area contributed by atoms with E-state index >= 15 is 0 Å². The number of likely N-dealkylation sites (tertiary alicyclic amines) is 1. The minimum atomic E-state index is -0.0491. The van der Waals surface area contributed by atoms with Gasteiger partial charge in [-0.05, 0) is 25.0 Å². The van der Waals surface area contributed by atoms with Crippen molar-refractivity contribution in [3.05, 3.63) is 47.9 Å². The average Bonchev–Trinajstić information content (AvgIpc) is 3.06. The first-order valence-electron chi connectivity index (χ1n) is 7.87. The molecular formula is C17H16N4O2S. The number of hydrogen-bond acceptors (Lipinski definition) is 6. The molecule has 1 aromatic carbocycles. The first-order chi connectivity index (χ1) is 11.8. The molecule has 1 fully saturated rings. The fourth-order valence-corrected chi connectivity index (χ4v) is 3.77. The quantitative estimate of drug-likeness (QED) is 0.733. The zero-order valence-electron chi connectivity index (χ0n) is 13.0. The Balaban J connectivity index is 1.48. The van der Waals surface area contributed by atoms with Gasteiger partial charge in [-0.2, -0.15) is 0 Å². The van der Waals surface area contributed by atoms with Crippen LogP contribution in [0.2, 0.25) is 0 Å². The van der Waals surface area contributed by atoms with Crippen LogP contribution in [0, 0.1) is 0 Å². The van der Waals surface area contributed by atoms with Crippen LogP contribution in [0.25, 0.3) is 10.2 Å². The van der Waals surface area contributed by atoms with E-state index in [0.717, 1.165) is 29.6 Å². The zero-order valence-corrected chi connectivity index (χ0v) is 13.8. The number of ether oxygens (including phenoxy) is 1. The van der Waals surface area contributed by atoms with E-state index in [2.05, 4.69) is 15.0 Å². The Kier molecular flexibility index (Phi) is 4.08. The number of thiazole rings is 1. The molecule has 0 N–H and O–H groups in total. The van der Waals surface area contributed by atoms with Gasteiger partial charge in [-0.3, -0.25) is 4.79 Å². The third kappa shape index (κ3) is 3.07. The molecule has 3 heterocycles. The van der Waals surface area contributed by atoms with Crippen LogP contribution in [0.4, 0.5) is 0 Å². The number of amides is 1. The van der Waals surface area contributed by atoms with Crippen molar-refractivity contribution in [3.63, 3.8) is 0 Å². The third-order valence-electron chi connectivity index (χ3n) is 3.98. The van der Waals surface area contributed by atoms with Gasteiger partial charge in [0.25, 0.3) is 5.91 Å². The number of benzene rings is 1. The molecule has 122 valence electrons. The molecule has 1 saturated heterocycles. The van der Waals surface area contributed by atoms with Gasteiger partial charge in [-0.1, -0.05) is 12.1 Å². The van der Waals surface area contributed by atoms with Gasteiger partial charge in [0.1, 0.15) is 12.4 Å². The highest BCUT2D eigenvalue weighted by molar-refractivity contribution is 7.20. The summed E-state index contributed by atoms with van der Waals surface area (Å²) in [6.07, 6.45) is 4.88. The second-order valence-electron chi connectivity index (χ2n) is 5.67. The van der Waals surface area contributed by atoms with Crippen molar-refractivity contribution in [2.24, 2.45) is 0 Å². The largest absolute Gasteiger partial charge is 0.472 e. The highest BCUT2D eigenvalue weighted by Gasteiger charge is 2.27. The number of carbonyl (C=O) groups excluding carboxylic acids is 1. The van der Waals surface area contributed by atoms with Crippen LogP contribution >= 0.6 is 11.3 Å². The lowest BCUT2D eigenvalue weighted by Crippen LogP contribution is -2.44. The fourth-order valence-electron chi connectivity index (χ4n) is 2.84. The molecule has 0 unspecified atom stereocenters. The van der Waals surface area contributed by atoms with Crippen molar-refractivity contribution in [3.8, 4) is 5.88 Å². The summed E-state index contributed by atoms with van der Waals surface area (Å²) in [7, 11) is 0. The molecule has 0 radical (unpaired) electrons. The molecule has 1 aliphatic rings. The second kappa shape index (κ2) is 6.52. The molecule has 0 aliphatic carbocycles. The van der Waals surface area contributed by atoms with Crippen LogP contribution in [-0.4, -0.2) is 45.0 Å². The van der Waals surface area contributed by atoms with Gasteiger partial charge in [-0.25, -0.2) is 15.0 Å².